The molecule has 8 heteroatoms. The van der Waals surface area contributed by atoms with Crippen LogP contribution in [0.3, 0.4) is 0 Å². The minimum Gasteiger partial charge on any atom is -0.487 e. The van der Waals surface area contributed by atoms with Gasteiger partial charge in [-0.1, -0.05) is 24.8 Å². The number of hydrogen-bond donors (Lipinski definition) is 1. The molecule has 0 spiro atoms. The summed E-state index contributed by atoms with van der Waals surface area (Å²) >= 11 is 0. The standard InChI is InChI=1S/C26H33N3O4S/c1-19-15-29(20(2)18-30)34(31,32)26-11-10-22(9-8-21-6-7-21)13-24(26)33-25(19)17-28(3)16-23-5-4-12-27-14-23/h4-5,10-14,19-21,25,30H,6-7,15-18H2,1-3H3/t19-,20?,25+/m1/s1. The summed E-state index contributed by atoms with van der Waals surface area (Å²) in [7, 11) is -1.83. The van der Waals surface area contributed by atoms with Crippen molar-refractivity contribution in [1.82, 2.24) is 14.2 Å². The van der Waals surface area contributed by atoms with Gasteiger partial charge in [0, 0.05) is 55.5 Å². The van der Waals surface area contributed by atoms with E-state index in [4.69, 9.17) is 4.74 Å². The number of aliphatic hydroxyl groups excluding tert-OH is 1. The summed E-state index contributed by atoms with van der Waals surface area (Å²) in [5.74, 6) is 7.07. The fraction of sp³-hybridized carbons (Fsp3) is 0.500. The highest BCUT2D eigenvalue weighted by atomic mass is 32.2. The number of aromatic nitrogens is 1. The van der Waals surface area contributed by atoms with Gasteiger partial charge in [0.05, 0.1) is 6.61 Å². The van der Waals surface area contributed by atoms with Crippen LogP contribution >= 0.6 is 0 Å². The molecule has 1 saturated carbocycles. The molecule has 1 aromatic carbocycles. The van der Waals surface area contributed by atoms with E-state index >= 15 is 0 Å². The molecule has 1 fully saturated rings. The summed E-state index contributed by atoms with van der Waals surface area (Å²) < 4.78 is 35.0. The van der Waals surface area contributed by atoms with Crippen molar-refractivity contribution in [3.05, 3.63) is 53.9 Å². The van der Waals surface area contributed by atoms with Crippen LogP contribution in [0.25, 0.3) is 0 Å². The Hall–Kier alpha value is -2.44. The Morgan fingerprint density at radius 3 is 2.79 bits per heavy atom. The van der Waals surface area contributed by atoms with Gasteiger partial charge in [-0.25, -0.2) is 8.42 Å². The third kappa shape index (κ3) is 5.78. The highest BCUT2D eigenvalue weighted by Gasteiger charge is 2.38. The number of pyridine rings is 1. The number of likely N-dealkylation sites (N-methyl/N-ethyl adjacent to an activating group) is 1. The van der Waals surface area contributed by atoms with Crippen molar-refractivity contribution in [2.75, 3.05) is 26.7 Å². The first-order valence-electron chi connectivity index (χ1n) is 11.8. The molecule has 2 aliphatic rings. The maximum atomic E-state index is 13.6. The largest absolute Gasteiger partial charge is 0.487 e. The summed E-state index contributed by atoms with van der Waals surface area (Å²) in [6.07, 6.45) is 5.59. The van der Waals surface area contributed by atoms with Crippen LogP contribution in [0.15, 0.2) is 47.6 Å². The topological polar surface area (TPSA) is 83.0 Å². The second-order valence-electron chi connectivity index (χ2n) is 9.50. The smallest absolute Gasteiger partial charge is 0.247 e. The van der Waals surface area contributed by atoms with E-state index in [0.717, 1.165) is 24.0 Å². The highest BCUT2D eigenvalue weighted by molar-refractivity contribution is 7.89. The number of fused-ring (bicyclic) bond motifs is 1. The molecule has 0 saturated heterocycles. The first-order valence-corrected chi connectivity index (χ1v) is 13.2. The van der Waals surface area contributed by atoms with E-state index in [1.54, 1.807) is 31.3 Å². The predicted molar refractivity (Wildman–Crippen MR) is 131 cm³/mol. The molecule has 2 aromatic rings. The Kier molecular flexibility index (Phi) is 7.58. The molecular formula is C26H33N3O4S. The Balaban J connectivity index is 1.66. The summed E-state index contributed by atoms with van der Waals surface area (Å²) in [5, 5.41) is 9.79. The molecule has 182 valence electrons. The number of sulfonamides is 1. The van der Waals surface area contributed by atoms with Gasteiger partial charge in [-0.3, -0.25) is 9.88 Å². The van der Waals surface area contributed by atoms with E-state index in [1.807, 2.05) is 32.3 Å². The molecule has 1 aliphatic carbocycles. The van der Waals surface area contributed by atoms with Crippen molar-refractivity contribution in [2.45, 2.75) is 50.3 Å². The lowest BCUT2D eigenvalue weighted by Gasteiger charge is -2.37. The molecular weight excluding hydrogens is 450 g/mol. The normalized spacial score (nSPS) is 23.1. The Morgan fingerprint density at radius 1 is 1.32 bits per heavy atom. The number of benzene rings is 1. The van der Waals surface area contributed by atoms with Crippen LogP contribution in [0.2, 0.25) is 0 Å². The van der Waals surface area contributed by atoms with Crippen LogP contribution in [0.1, 0.15) is 37.8 Å². The van der Waals surface area contributed by atoms with E-state index in [0.29, 0.717) is 24.8 Å². The fourth-order valence-corrected chi connectivity index (χ4v) is 5.94. The SMILES string of the molecule is CC(CO)N1C[C@@H](C)[C@H](CN(C)Cc2cccnc2)Oc2cc(C#CC3CC3)ccc2S1(=O)=O. The van der Waals surface area contributed by atoms with Gasteiger partial charge in [-0.2, -0.15) is 4.31 Å². The van der Waals surface area contributed by atoms with Crippen LogP contribution < -0.4 is 4.74 Å². The van der Waals surface area contributed by atoms with Gasteiger partial charge in [-0.05, 0) is 56.6 Å². The average Bonchev–Trinajstić information content (AvgIpc) is 3.64. The molecule has 3 atom stereocenters. The monoisotopic (exact) mass is 483 g/mol. The van der Waals surface area contributed by atoms with Gasteiger partial charge in [-0.15, -0.1) is 0 Å². The Morgan fingerprint density at radius 2 is 2.12 bits per heavy atom. The fourth-order valence-electron chi connectivity index (χ4n) is 4.11. The molecule has 2 heterocycles. The molecule has 0 bridgehead atoms. The van der Waals surface area contributed by atoms with E-state index < -0.39 is 16.1 Å². The van der Waals surface area contributed by atoms with Crippen LogP contribution in [-0.4, -0.2) is 66.6 Å². The third-order valence-corrected chi connectivity index (χ3v) is 8.35. The molecule has 1 unspecified atom stereocenters. The van der Waals surface area contributed by atoms with Gasteiger partial charge >= 0.3 is 0 Å². The maximum absolute atomic E-state index is 13.6. The second kappa shape index (κ2) is 10.4. The zero-order valence-corrected chi connectivity index (χ0v) is 20.8. The number of aliphatic hydroxyl groups is 1. The molecule has 34 heavy (non-hydrogen) atoms. The van der Waals surface area contributed by atoms with Crippen molar-refractivity contribution in [3.63, 3.8) is 0 Å². The molecule has 0 amide bonds. The minimum absolute atomic E-state index is 0.102. The number of rotatable bonds is 6. The number of nitrogens with zero attached hydrogens (tertiary/aromatic N) is 3. The van der Waals surface area contributed by atoms with Crippen molar-refractivity contribution in [3.8, 4) is 17.6 Å². The third-order valence-electron chi connectivity index (χ3n) is 6.33. The first-order chi connectivity index (χ1) is 16.3. The van der Waals surface area contributed by atoms with Crippen molar-refractivity contribution in [2.24, 2.45) is 11.8 Å². The van der Waals surface area contributed by atoms with Gasteiger partial charge in [0.15, 0.2) is 0 Å². The van der Waals surface area contributed by atoms with Crippen molar-refractivity contribution in [1.29, 1.82) is 0 Å². The van der Waals surface area contributed by atoms with Crippen LogP contribution in [-0.2, 0) is 16.6 Å². The first kappa shape index (κ1) is 24.7. The van der Waals surface area contributed by atoms with Crippen LogP contribution in [0.4, 0.5) is 0 Å². The lowest BCUT2D eigenvalue weighted by atomic mass is 10.0. The van der Waals surface area contributed by atoms with Crippen LogP contribution in [0.5, 0.6) is 5.75 Å². The summed E-state index contributed by atoms with van der Waals surface area (Å²) in [6.45, 7) is 5.04. The van der Waals surface area contributed by atoms with Gasteiger partial charge < -0.3 is 9.84 Å². The van der Waals surface area contributed by atoms with Gasteiger partial charge in [0.2, 0.25) is 10.0 Å². The molecule has 4 rings (SSSR count). The molecule has 1 aliphatic heterocycles. The van der Waals surface area contributed by atoms with Crippen LogP contribution in [0, 0.1) is 23.7 Å². The van der Waals surface area contributed by atoms with Gasteiger partial charge in [0.25, 0.3) is 0 Å². The molecule has 1 aromatic heterocycles. The van der Waals surface area contributed by atoms with E-state index in [2.05, 4.69) is 21.7 Å². The zero-order chi connectivity index (χ0) is 24.3. The maximum Gasteiger partial charge on any atom is 0.247 e. The van der Waals surface area contributed by atoms with Crippen molar-refractivity contribution >= 4 is 10.0 Å². The average molecular weight is 484 g/mol. The lowest BCUT2D eigenvalue weighted by molar-refractivity contribution is 0.0733. The summed E-state index contributed by atoms with van der Waals surface area (Å²) in [6, 6.07) is 8.48. The van der Waals surface area contributed by atoms with E-state index in [-0.39, 0.29) is 30.1 Å². The highest BCUT2D eigenvalue weighted by Crippen LogP contribution is 2.34. The second-order valence-corrected chi connectivity index (χ2v) is 11.4. The molecule has 7 nitrogen and oxygen atoms in total. The molecule has 1 N–H and O–H groups in total. The van der Waals surface area contributed by atoms with Crippen molar-refractivity contribution < 1.29 is 18.3 Å². The number of ether oxygens (including phenoxy) is 1. The minimum atomic E-state index is -3.84. The molecule has 0 radical (unpaired) electrons. The summed E-state index contributed by atoms with van der Waals surface area (Å²) in [5.41, 5.74) is 1.85. The Bertz CT molecular complexity index is 1160. The van der Waals surface area contributed by atoms with E-state index in [9.17, 15) is 13.5 Å². The predicted octanol–water partition coefficient (Wildman–Crippen LogP) is 2.74. The van der Waals surface area contributed by atoms with Gasteiger partial charge in [0.1, 0.15) is 16.7 Å². The van der Waals surface area contributed by atoms with E-state index in [1.165, 1.54) is 4.31 Å². The number of hydrogen-bond acceptors (Lipinski definition) is 6. The summed E-state index contributed by atoms with van der Waals surface area (Å²) in [4.78, 5) is 6.47. The lowest BCUT2D eigenvalue weighted by Crippen LogP contribution is -2.49. The Labute approximate surface area is 202 Å². The quantitative estimate of drug-likeness (QED) is 0.637. The zero-order valence-electron chi connectivity index (χ0n) is 20.0.